The van der Waals surface area contributed by atoms with E-state index in [-0.39, 0.29) is 6.10 Å². The first-order chi connectivity index (χ1) is 7.27. The van der Waals surface area contributed by atoms with Gasteiger partial charge in [-0.1, -0.05) is 24.3 Å². The molecule has 0 heterocycles. The normalized spacial score (nSPS) is 17.7. The van der Waals surface area contributed by atoms with E-state index in [1.807, 2.05) is 0 Å². The predicted octanol–water partition coefficient (Wildman–Crippen LogP) is 2.03. The maximum Gasteiger partial charge on any atom is 0.0636 e. The van der Waals surface area contributed by atoms with Gasteiger partial charge in [0.25, 0.3) is 0 Å². The molecule has 15 heavy (non-hydrogen) atoms. The fourth-order valence-corrected chi connectivity index (χ4v) is 1.90. The monoisotopic (exact) mass is 205 g/mol. The summed E-state index contributed by atoms with van der Waals surface area (Å²) in [5.74, 6) is 0.801. The third-order valence-corrected chi connectivity index (χ3v) is 2.83. The van der Waals surface area contributed by atoms with Gasteiger partial charge in [0.15, 0.2) is 0 Å². The fraction of sp³-hybridized carbons (Fsp3) is 0.538. The van der Waals surface area contributed by atoms with Gasteiger partial charge < -0.3 is 10.4 Å². The highest BCUT2D eigenvalue weighted by Gasteiger charge is 2.25. The number of rotatable bonds is 5. The molecule has 0 bridgehead atoms. The Balaban J connectivity index is 1.94. The van der Waals surface area contributed by atoms with Gasteiger partial charge in [0, 0.05) is 13.1 Å². The van der Waals surface area contributed by atoms with E-state index >= 15 is 0 Å². The highest BCUT2D eigenvalue weighted by molar-refractivity contribution is 5.33. The lowest BCUT2D eigenvalue weighted by atomic mass is 10.0. The molecular formula is C13H19NO. The van der Waals surface area contributed by atoms with Crippen LogP contribution in [-0.2, 0) is 6.54 Å². The Bertz CT molecular complexity index is 318. The summed E-state index contributed by atoms with van der Waals surface area (Å²) < 4.78 is 0. The van der Waals surface area contributed by atoms with Crippen LogP contribution in [0.25, 0.3) is 0 Å². The molecule has 1 aliphatic carbocycles. The molecule has 1 aromatic rings. The SMILES string of the molecule is CC(O)CNCc1ccccc1C1CC1. The predicted molar refractivity (Wildman–Crippen MR) is 61.8 cm³/mol. The third kappa shape index (κ3) is 3.05. The largest absolute Gasteiger partial charge is 0.392 e. The molecule has 2 N–H and O–H groups in total. The van der Waals surface area contributed by atoms with Gasteiger partial charge in [0.05, 0.1) is 6.10 Å². The van der Waals surface area contributed by atoms with E-state index in [2.05, 4.69) is 29.6 Å². The first-order valence-corrected chi connectivity index (χ1v) is 5.74. The van der Waals surface area contributed by atoms with Crippen molar-refractivity contribution in [3.8, 4) is 0 Å². The van der Waals surface area contributed by atoms with Crippen molar-refractivity contribution >= 4 is 0 Å². The quantitative estimate of drug-likeness (QED) is 0.771. The van der Waals surface area contributed by atoms with Crippen LogP contribution in [0.15, 0.2) is 24.3 Å². The summed E-state index contributed by atoms with van der Waals surface area (Å²) in [4.78, 5) is 0. The van der Waals surface area contributed by atoms with Crippen molar-refractivity contribution in [3.05, 3.63) is 35.4 Å². The number of benzene rings is 1. The molecule has 2 nitrogen and oxygen atoms in total. The van der Waals surface area contributed by atoms with Crippen LogP contribution >= 0.6 is 0 Å². The lowest BCUT2D eigenvalue weighted by Crippen LogP contribution is -2.24. The van der Waals surface area contributed by atoms with E-state index in [9.17, 15) is 0 Å². The van der Waals surface area contributed by atoms with Crippen LogP contribution in [0, 0.1) is 0 Å². The number of aliphatic hydroxyl groups excluding tert-OH is 1. The Kier molecular flexibility index (Phi) is 3.39. The highest BCUT2D eigenvalue weighted by Crippen LogP contribution is 2.41. The first-order valence-electron chi connectivity index (χ1n) is 5.74. The standard InChI is InChI=1S/C13H19NO/c1-10(15)8-14-9-12-4-2-3-5-13(12)11-6-7-11/h2-5,10-11,14-15H,6-9H2,1H3. The van der Waals surface area contributed by atoms with E-state index in [0.29, 0.717) is 6.54 Å². The molecule has 1 unspecified atom stereocenters. The summed E-state index contributed by atoms with van der Waals surface area (Å²) in [5, 5.41) is 12.4. The lowest BCUT2D eigenvalue weighted by molar-refractivity contribution is 0.191. The Labute approximate surface area is 91.3 Å². The van der Waals surface area contributed by atoms with E-state index in [1.54, 1.807) is 6.92 Å². The summed E-state index contributed by atoms with van der Waals surface area (Å²) in [7, 11) is 0. The average Bonchev–Trinajstić information content (AvgIpc) is 3.01. The zero-order chi connectivity index (χ0) is 10.7. The van der Waals surface area contributed by atoms with Gasteiger partial charge in [0.1, 0.15) is 0 Å². The second-order valence-corrected chi connectivity index (χ2v) is 4.45. The molecule has 1 atom stereocenters. The maximum atomic E-state index is 9.16. The van der Waals surface area contributed by atoms with Gasteiger partial charge in [-0.3, -0.25) is 0 Å². The Hall–Kier alpha value is -0.860. The van der Waals surface area contributed by atoms with E-state index in [1.165, 1.54) is 24.0 Å². The van der Waals surface area contributed by atoms with Crippen molar-refractivity contribution in [2.45, 2.75) is 38.3 Å². The zero-order valence-electron chi connectivity index (χ0n) is 9.24. The van der Waals surface area contributed by atoms with Gasteiger partial charge in [-0.05, 0) is 36.8 Å². The van der Waals surface area contributed by atoms with E-state index in [0.717, 1.165) is 12.5 Å². The molecule has 0 radical (unpaired) electrons. The maximum absolute atomic E-state index is 9.16. The minimum absolute atomic E-state index is 0.266. The molecule has 0 aliphatic heterocycles. The molecule has 1 saturated carbocycles. The molecule has 0 amide bonds. The van der Waals surface area contributed by atoms with E-state index in [4.69, 9.17) is 5.11 Å². The summed E-state index contributed by atoms with van der Waals surface area (Å²) in [6, 6.07) is 8.62. The second kappa shape index (κ2) is 4.77. The van der Waals surface area contributed by atoms with Crippen LogP contribution in [0.2, 0.25) is 0 Å². The summed E-state index contributed by atoms with van der Waals surface area (Å²) in [6.45, 7) is 3.34. The van der Waals surface area contributed by atoms with Crippen molar-refractivity contribution in [2.24, 2.45) is 0 Å². The third-order valence-electron chi connectivity index (χ3n) is 2.83. The molecule has 2 rings (SSSR count). The summed E-state index contributed by atoms with van der Waals surface area (Å²) >= 11 is 0. The number of aliphatic hydroxyl groups is 1. The van der Waals surface area contributed by atoms with Crippen LogP contribution in [0.1, 0.15) is 36.8 Å². The molecule has 0 aromatic heterocycles. The molecule has 1 fully saturated rings. The molecule has 1 aromatic carbocycles. The average molecular weight is 205 g/mol. The van der Waals surface area contributed by atoms with Gasteiger partial charge in [-0.25, -0.2) is 0 Å². The highest BCUT2D eigenvalue weighted by atomic mass is 16.3. The topological polar surface area (TPSA) is 32.3 Å². The minimum Gasteiger partial charge on any atom is -0.392 e. The van der Waals surface area contributed by atoms with Crippen LogP contribution in [-0.4, -0.2) is 17.8 Å². The van der Waals surface area contributed by atoms with E-state index < -0.39 is 0 Å². The van der Waals surface area contributed by atoms with Crippen LogP contribution < -0.4 is 5.32 Å². The molecular weight excluding hydrogens is 186 g/mol. The van der Waals surface area contributed by atoms with Crippen molar-refractivity contribution in [1.82, 2.24) is 5.32 Å². The fourth-order valence-electron chi connectivity index (χ4n) is 1.90. The first kappa shape index (κ1) is 10.7. The van der Waals surface area contributed by atoms with Gasteiger partial charge in [-0.15, -0.1) is 0 Å². The van der Waals surface area contributed by atoms with Gasteiger partial charge in [-0.2, -0.15) is 0 Å². The molecule has 1 aliphatic rings. The minimum atomic E-state index is -0.266. The number of hydrogen-bond acceptors (Lipinski definition) is 2. The van der Waals surface area contributed by atoms with Crippen molar-refractivity contribution in [2.75, 3.05) is 6.54 Å². The molecule has 0 spiro atoms. The lowest BCUT2D eigenvalue weighted by Gasteiger charge is -2.10. The molecule has 0 saturated heterocycles. The Morgan fingerprint density at radius 1 is 1.40 bits per heavy atom. The van der Waals surface area contributed by atoms with Crippen molar-refractivity contribution < 1.29 is 5.11 Å². The summed E-state index contributed by atoms with van der Waals surface area (Å²) in [5.41, 5.74) is 2.89. The van der Waals surface area contributed by atoms with Crippen LogP contribution in [0.4, 0.5) is 0 Å². The number of hydrogen-bond donors (Lipinski definition) is 2. The van der Waals surface area contributed by atoms with Crippen LogP contribution in [0.3, 0.4) is 0 Å². The molecule has 82 valence electrons. The Morgan fingerprint density at radius 3 is 2.80 bits per heavy atom. The summed E-state index contributed by atoms with van der Waals surface area (Å²) in [6.07, 6.45) is 2.42. The van der Waals surface area contributed by atoms with Crippen molar-refractivity contribution in [1.29, 1.82) is 0 Å². The van der Waals surface area contributed by atoms with Crippen molar-refractivity contribution in [3.63, 3.8) is 0 Å². The number of nitrogens with one attached hydrogen (secondary N) is 1. The van der Waals surface area contributed by atoms with Crippen LogP contribution in [0.5, 0.6) is 0 Å². The van der Waals surface area contributed by atoms with Gasteiger partial charge in [0.2, 0.25) is 0 Å². The van der Waals surface area contributed by atoms with Gasteiger partial charge >= 0.3 is 0 Å². The molecule has 2 heteroatoms. The second-order valence-electron chi connectivity index (χ2n) is 4.45. The Morgan fingerprint density at radius 2 is 2.13 bits per heavy atom. The smallest absolute Gasteiger partial charge is 0.0636 e. The zero-order valence-corrected chi connectivity index (χ0v) is 9.24.